The molecule has 4 heteroatoms. The van der Waals surface area contributed by atoms with Gasteiger partial charge in [-0.1, -0.05) is 17.7 Å². The van der Waals surface area contributed by atoms with E-state index in [4.69, 9.17) is 11.6 Å². The molecule has 2 aromatic rings. The number of rotatable bonds is 4. The summed E-state index contributed by atoms with van der Waals surface area (Å²) < 4.78 is 0. The first kappa shape index (κ1) is 16.2. The molecule has 3 nitrogen and oxygen atoms in total. The second-order valence-corrected chi connectivity index (χ2v) is 6.70. The third kappa shape index (κ3) is 3.98. The Kier molecular flexibility index (Phi) is 5.09. The minimum Gasteiger partial charge on any atom is -0.298 e. The van der Waals surface area contributed by atoms with Crippen LogP contribution in [0.5, 0.6) is 0 Å². The normalized spacial score (nSPS) is 18.8. The molecule has 0 unspecified atom stereocenters. The first-order valence-corrected chi connectivity index (χ1v) is 8.43. The predicted molar refractivity (Wildman–Crippen MR) is 92.8 cm³/mol. The SMILES string of the molecule is Cc1cc(Cl)ccc1C(=O)[C@@H]1CCCN(Cc2cccnc2)C1. The first-order chi connectivity index (χ1) is 11.1. The molecular weight excluding hydrogens is 308 g/mol. The highest BCUT2D eigenvalue weighted by atomic mass is 35.5. The quantitative estimate of drug-likeness (QED) is 0.791. The van der Waals surface area contributed by atoms with Gasteiger partial charge in [0.05, 0.1) is 0 Å². The molecule has 0 radical (unpaired) electrons. The summed E-state index contributed by atoms with van der Waals surface area (Å²) in [7, 11) is 0. The fraction of sp³-hybridized carbons (Fsp3) is 0.368. The smallest absolute Gasteiger partial charge is 0.167 e. The Morgan fingerprint density at radius 2 is 2.26 bits per heavy atom. The topological polar surface area (TPSA) is 33.2 Å². The van der Waals surface area contributed by atoms with Crippen molar-refractivity contribution in [2.24, 2.45) is 5.92 Å². The van der Waals surface area contributed by atoms with Crippen LogP contribution in [0.2, 0.25) is 5.02 Å². The molecule has 1 aromatic heterocycles. The summed E-state index contributed by atoms with van der Waals surface area (Å²) in [5.74, 6) is 0.315. The summed E-state index contributed by atoms with van der Waals surface area (Å²) in [6.45, 7) is 4.67. The molecule has 1 fully saturated rings. The zero-order valence-electron chi connectivity index (χ0n) is 13.3. The maximum atomic E-state index is 12.8. The zero-order chi connectivity index (χ0) is 16.2. The van der Waals surface area contributed by atoms with Gasteiger partial charge in [0.25, 0.3) is 0 Å². The van der Waals surface area contributed by atoms with Crippen molar-refractivity contribution >= 4 is 17.4 Å². The number of piperidine rings is 1. The minimum atomic E-state index is 0.0697. The van der Waals surface area contributed by atoms with Crippen LogP contribution in [-0.4, -0.2) is 28.8 Å². The largest absolute Gasteiger partial charge is 0.298 e. The third-order valence-electron chi connectivity index (χ3n) is 4.46. The Labute approximate surface area is 142 Å². The van der Waals surface area contributed by atoms with E-state index in [-0.39, 0.29) is 11.7 Å². The molecule has 1 aromatic carbocycles. The van der Waals surface area contributed by atoms with Gasteiger partial charge in [-0.05, 0) is 61.7 Å². The van der Waals surface area contributed by atoms with Crippen LogP contribution in [0.1, 0.15) is 34.3 Å². The highest BCUT2D eigenvalue weighted by Gasteiger charge is 2.27. The standard InChI is InChI=1S/C19H21ClN2O/c1-14-10-17(20)6-7-18(14)19(23)16-5-3-9-22(13-16)12-15-4-2-8-21-11-15/h2,4,6-8,10-11,16H,3,5,9,12-13H2,1H3/t16-/m1/s1. The van der Waals surface area contributed by atoms with E-state index in [0.29, 0.717) is 5.02 Å². The molecule has 1 aliphatic heterocycles. The Balaban J connectivity index is 1.69. The second-order valence-electron chi connectivity index (χ2n) is 6.26. The Morgan fingerprint density at radius 1 is 1.39 bits per heavy atom. The van der Waals surface area contributed by atoms with Gasteiger partial charge in [-0.15, -0.1) is 0 Å². The van der Waals surface area contributed by atoms with E-state index in [1.54, 1.807) is 12.3 Å². The van der Waals surface area contributed by atoms with E-state index < -0.39 is 0 Å². The number of carbonyl (C=O) groups is 1. The van der Waals surface area contributed by atoms with E-state index >= 15 is 0 Å². The minimum absolute atomic E-state index is 0.0697. The van der Waals surface area contributed by atoms with E-state index in [1.807, 2.05) is 31.3 Å². The molecule has 1 saturated heterocycles. The molecule has 1 atom stereocenters. The van der Waals surface area contributed by atoms with Crippen molar-refractivity contribution in [3.8, 4) is 0 Å². The summed E-state index contributed by atoms with van der Waals surface area (Å²) >= 11 is 6.00. The van der Waals surface area contributed by atoms with Crippen molar-refractivity contribution in [3.63, 3.8) is 0 Å². The molecule has 0 amide bonds. The Bertz CT molecular complexity index is 687. The number of aromatic nitrogens is 1. The lowest BCUT2D eigenvalue weighted by Crippen LogP contribution is -2.38. The van der Waals surface area contributed by atoms with Gasteiger partial charge in [-0.3, -0.25) is 14.7 Å². The zero-order valence-corrected chi connectivity index (χ0v) is 14.1. The number of pyridine rings is 1. The van der Waals surface area contributed by atoms with Crippen molar-refractivity contribution in [3.05, 3.63) is 64.4 Å². The molecule has 1 aliphatic rings. The monoisotopic (exact) mass is 328 g/mol. The summed E-state index contributed by atoms with van der Waals surface area (Å²) in [6, 6.07) is 9.57. The maximum Gasteiger partial charge on any atom is 0.167 e. The van der Waals surface area contributed by atoms with Crippen LogP contribution in [0.4, 0.5) is 0 Å². The Hall–Kier alpha value is -1.71. The number of ketones is 1. The first-order valence-electron chi connectivity index (χ1n) is 8.05. The van der Waals surface area contributed by atoms with Gasteiger partial charge in [0.1, 0.15) is 0 Å². The van der Waals surface area contributed by atoms with Gasteiger partial charge < -0.3 is 0 Å². The summed E-state index contributed by atoms with van der Waals surface area (Å²) in [5.41, 5.74) is 2.97. The van der Waals surface area contributed by atoms with Crippen LogP contribution in [0, 0.1) is 12.8 Å². The predicted octanol–water partition coefficient (Wildman–Crippen LogP) is 4.14. The van der Waals surface area contributed by atoms with Crippen molar-refractivity contribution in [1.29, 1.82) is 0 Å². The molecule has 0 spiro atoms. The summed E-state index contributed by atoms with van der Waals surface area (Å²) in [6.07, 6.45) is 5.71. The lowest BCUT2D eigenvalue weighted by molar-refractivity contribution is 0.0811. The third-order valence-corrected chi connectivity index (χ3v) is 4.69. The van der Waals surface area contributed by atoms with Gasteiger partial charge in [0.2, 0.25) is 0 Å². The number of benzene rings is 1. The summed E-state index contributed by atoms with van der Waals surface area (Å²) in [5, 5.41) is 0.681. The van der Waals surface area contributed by atoms with Gasteiger partial charge in [-0.25, -0.2) is 0 Å². The fourth-order valence-corrected chi connectivity index (χ4v) is 3.51. The maximum absolute atomic E-state index is 12.8. The molecule has 23 heavy (non-hydrogen) atoms. The number of likely N-dealkylation sites (tertiary alicyclic amines) is 1. The van der Waals surface area contributed by atoms with Crippen LogP contribution in [0.3, 0.4) is 0 Å². The lowest BCUT2D eigenvalue weighted by atomic mass is 9.88. The van der Waals surface area contributed by atoms with Gasteiger partial charge in [-0.2, -0.15) is 0 Å². The van der Waals surface area contributed by atoms with Crippen LogP contribution >= 0.6 is 11.6 Å². The molecule has 0 N–H and O–H groups in total. The molecule has 2 heterocycles. The average Bonchev–Trinajstić information content (AvgIpc) is 2.55. The fourth-order valence-electron chi connectivity index (χ4n) is 3.29. The number of hydrogen-bond acceptors (Lipinski definition) is 3. The van der Waals surface area contributed by atoms with Crippen LogP contribution in [-0.2, 0) is 6.54 Å². The van der Waals surface area contributed by atoms with Crippen LogP contribution in [0.15, 0.2) is 42.7 Å². The van der Waals surface area contributed by atoms with Crippen molar-refractivity contribution in [2.45, 2.75) is 26.3 Å². The van der Waals surface area contributed by atoms with Gasteiger partial charge in [0, 0.05) is 42.0 Å². The van der Waals surface area contributed by atoms with E-state index in [2.05, 4.69) is 16.0 Å². The molecular formula is C19H21ClN2O. The second kappa shape index (κ2) is 7.24. The van der Waals surface area contributed by atoms with Gasteiger partial charge in [0.15, 0.2) is 5.78 Å². The molecule has 3 rings (SSSR count). The van der Waals surface area contributed by atoms with Gasteiger partial charge >= 0.3 is 0 Å². The number of carbonyl (C=O) groups excluding carboxylic acids is 1. The lowest BCUT2D eigenvalue weighted by Gasteiger charge is -2.32. The highest BCUT2D eigenvalue weighted by Crippen LogP contribution is 2.25. The van der Waals surface area contributed by atoms with Crippen LogP contribution < -0.4 is 0 Å². The average molecular weight is 329 g/mol. The van der Waals surface area contributed by atoms with E-state index in [1.165, 1.54) is 5.56 Å². The van der Waals surface area contributed by atoms with Crippen LogP contribution in [0.25, 0.3) is 0 Å². The number of hydrogen-bond donors (Lipinski definition) is 0. The van der Waals surface area contributed by atoms with E-state index in [9.17, 15) is 4.79 Å². The Morgan fingerprint density at radius 3 is 3.00 bits per heavy atom. The highest BCUT2D eigenvalue weighted by molar-refractivity contribution is 6.30. The summed E-state index contributed by atoms with van der Waals surface area (Å²) in [4.78, 5) is 19.4. The molecule has 0 aliphatic carbocycles. The van der Waals surface area contributed by atoms with E-state index in [0.717, 1.165) is 43.6 Å². The number of nitrogens with zero attached hydrogens (tertiary/aromatic N) is 2. The molecule has 0 bridgehead atoms. The number of aryl methyl sites for hydroxylation is 1. The molecule has 120 valence electrons. The van der Waals surface area contributed by atoms with Crippen molar-refractivity contribution in [1.82, 2.24) is 9.88 Å². The molecule has 0 saturated carbocycles. The van der Waals surface area contributed by atoms with Crippen molar-refractivity contribution < 1.29 is 4.79 Å². The number of Topliss-reactive ketones (excluding diaryl/α,β-unsaturated/α-hetero) is 1. The number of halogens is 1. The van der Waals surface area contributed by atoms with Crippen molar-refractivity contribution in [2.75, 3.05) is 13.1 Å².